The Bertz CT molecular complexity index is 1210. The van der Waals surface area contributed by atoms with Gasteiger partial charge in [0, 0.05) is 29.9 Å². The van der Waals surface area contributed by atoms with Gasteiger partial charge in [0.2, 0.25) is 5.78 Å². The molecule has 0 saturated carbocycles. The molecule has 0 aliphatic carbocycles. The van der Waals surface area contributed by atoms with E-state index < -0.39 is 16.7 Å². The van der Waals surface area contributed by atoms with Gasteiger partial charge in [-0.25, -0.2) is 4.79 Å². The number of ketones is 1. The van der Waals surface area contributed by atoms with Crippen LogP contribution in [0.1, 0.15) is 58.5 Å². The second kappa shape index (κ2) is 6.46. The van der Waals surface area contributed by atoms with Crippen LogP contribution in [0.3, 0.4) is 0 Å². The third kappa shape index (κ3) is 2.73. The molecule has 0 spiro atoms. The smallest absolute Gasteiger partial charge is 0.311 e. The van der Waals surface area contributed by atoms with Gasteiger partial charge in [0.15, 0.2) is 16.9 Å². The number of carbonyl (C=O) groups is 1. The molecule has 3 heterocycles. The first-order valence-electron chi connectivity index (χ1n) is 9.64. The molecule has 0 amide bonds. The predicted octanol–water partition coefficient (Wildman–Crippen LogP) is 2.35. The summed E-state index contributed by atoms with van der Waals surface area (Å²) in [6.45, 7) is 13.2. The molecule has 0 radical (unpaired) electrons. The van der Waals surface area contributed by atoms with Crippen LogP contribution in [0.4, 0.5) is 0 Å². The molecule has 0 unspecified atom stereocenters. The Morgan fingerprint density at radius 3 is 2.29 bits per heavy atom. The molecule has 0 N–H and O–H groups in total. The van der Waals surface area contributed by atoms with Crippen molar-refractivity contribution in [1.29, 1.82) is 0 Å². The number of carbonyl (C=O) groups excluding carboxylic acids is 1. The Hall–Kier alpha value is -2.64. The minimum Gasteiger partial charge on any atom is -0.311 e. The SMILES string of the molecule is CC[C@H](C)n1c(C)c(C)n2c3c(=O)n(CC(=O)C(C)(C)C)c(=O)n(C)c3nc12. The molecule has 0 saturated heterocycles. The van der Waals surface area contributed by atoms with Crippen molar-refractivity contribution in [2.75, 3.05) is 0 Å². The fourth-order valence-corrected chi connectivity index (χ4v) is 3.51. The van der Waals surface area contributed by atoms with Crippen LogP contribution in [0.25, 0.3) is 16.9 Å². The van der Waals surface area contributed by atoms with Gasteiger partial charge < -0.3 is 4.57 Å². The normalized spacial score (nSPS) is 13.6. The minimum atomic E-state index is -0.640. The monoisotopic (exact) mass is 387 g/mol. The number of hydrogen-bond acceptors (Lipinski definition) is 4. The topological polar surface area (TPSA) is 83.3 Å². The number of nitrogens with zero attached hydrogens (tertiary/aromatic N) is 5. The maximum Gasteiger partial charge on any atom is 0.332 e. The number of hydrogen-bond donors (Lipinski definition) is 0. The first kappa shape index (κ1) is 20.1. The van der Waals surface area contributed by atoms with Crippen molar-refractivity contribution in [2.24, 2.45) is 12.5 Å². The molecule has 0 aromatic carbocycles. The fraction of sp³-hybridized carbons (Fsp3) is 0.600. The van der Waals surface area contributed by atoms with Gasteiger partial charge in [0.25, 0.3) is 5.56 Å². The summed E-state index contributed by atoms with van der Waals surface area (Å²) in [5, 5.41) is 0. The molecule has 28 heavy (non-hydrogen) atoms. The average Bonchev–Trinajstić information content (AvgIpc) is 3.11. The van der Waals surface area contributed by atoms with Crippen LogP contribution >= 0.6 is 0 Å². The highest BCUT2D eigenvalue weighted by Crippen LogP contribution is 2.25. The van der Waals surface area contributed by atoms with Gasteiger partial charge in [0.05, 0.1) is 6.54 Å². The maximum atomic E-state index is 13.3. The molecule has 8 nitrogen and oxygen atoms in total. The van der Waals surface area contributed by atoms with Gasteiger partial charge >= 0.3 is 5.69 Å². The van der Waals surface area contributed by atoms with Gasteiger partial charge in [-0.05, 0) is 27.2 Å². The first-order valence-corrected chi connectivity index (χ1v) is 9.64. The Morgan fingerprint density at radius 1 is 1.14 bits per heavy atom. The molecule has 8 heteroatoms. The summed E-state index contributed by atoms with van der Waals surface area (Å²) in [6, 6.07) is 0.203. The zero-order valence-corrected chi connectivity index (χ0v) is 18.0. The molecule has 1 atom stereocenters. The van der Waals surface area contributed by atoms with Crippen LogP contribution in [0, 0.1) is 19.3 Å². The van der Waals surface area contributed by atoms with Crippen molar-refractivity contribution in [1.82, 2.24) is 23.1 Å². The van der Waals surface area contributed by atoms with Crippen LogP contribution in [0.15, 0.2) is 9.59 Å². The molecule has 3 rings (SSSR count). The van der Waals surface area contributed by atoms with E-state index in [1.165, 1.54) is 4.57 Å². The van der Waals surface area contributed by atoms with E-state index in [4.69, 9.17) is 0 Å². The van der Waals surface area contributed by atoms with E-state index in [-0.39, 0.29) is 18.4 Å². The number of aromatic nitrogens is 5. The van der Waals surface area contributed by atoms with Crippen molar-refractivity contribution in [3.63, 3.8) is 0 Å². The van der Waals surface area contributed by atoms with E-state index in [0.717, 1.165) is 22.4 Å². The Kier molecular flexibility index (Phi) is 4.64. The van der Waals surface area contributed by atoms with E-state index in [1.54, 1.807) is 27.8 Å². The second-order valence-electron chi connectivity index (χ2n) is 8.62. The Labute approximate surface area is 163 Å². The number of aryl methyl sites for hydroxylation is 2. The standard InChI is InChI=1S/C20H29N5O3/c1-9-11(2)24-12(3)13(4)25-15-16(21-18(24)25)22(8)19(28)23(17(15)27)10-14(26)20(5,6)7/h11H,9-10H2,1-8H3/t11-/m0/s1. The molecular weight excluding hydrogens is 358 g/mol. The van der Waals surface area contributed by atoms with Crippen molar-refractivity contribution in [3.05, 3.63) is 32.2 Å². The van der Waals surface area contributed by atoms with Crippen LogP contribution in [-0.4, -0.2) is 28.9 Å². The summed E-state index contributed by atoms with van der Waals surface area (Å²) in [6.07, 6.45) is 0.914. The van der Waals surface area contributed by atoms with Crippen LogP contribution in [0.2, 0.25) is 0 Å². The number of imidazole rings is 2. The third-order valence-electron chi connectivity index (χ3n) is 5.73. The van der Waals surface area contributed by atoms with Gasteiger partial charge in [0.1, 0.15) is 0 Å². The lowest BCUT2D eigenvalue weighted by Crippen LogP contribution is -2.43. The molecule has 0 bridgehead atoms. The van der Waals surface area contributed by atoms with Crippen molar-refractivity contribution in [3.8, 4) is 0 Å². The van der Waals surface area contributed by atoms with Crippen molar-refractivity contribution >= 4 is 22.7 Å². The lowest BCUT2D eigenvalue weighted by atomic mass is 9.91. The van der Waals surface area contributed by atoms with Crippen LogP contribution in [-0.2, 0) is 18.4 Å². The van der Waals surface area contributed by atoms with E-state index >= 15 is 0 Å². The molecule has 0 aliphatic rings. The molecule has 0 aliphatic heterocycles. The lowest BCUT2D eigenvalue weighted by Gasteiger charge is -2.17. The van der Waals surface area contributed by atoms with E-state index in [0.29, 0.717) is 16.9 Å². The van der Waals surface area contributed by atoms with E-state index in [9.17, 15) is 14.4 Å². The maximum absolute atomic E-state index is 13.3. The van der Waals surface area contributed by atoms with E-state index in [1.807, 2.05) is 18.2 Å². The number of Topliss-reactive ketones (excluding diaryl/α,β-unsaturated/α-hetero) is 1. The van der Waals surface area contributed by atoms with Crippen LogP contribution < -0.4 is 11.2 Å². The molecule has 3 aromatic rings. The zero-order valence-electron chi connectivity index (χ0n) is 18.0. The van der Waals surface area contributed by atoms with Gasteiger partial charge in [-0.1, -0.05) is 27.7 Å². The first-order chi connectivity index (χ1) is 12.9. The van der Waals surface area contributed by atoms with Gasteiger partial charge in [-0.3, -0.25) is 23.1 Å². The summed E-state index contributed by atoms with van der Waals surface area (Å²) >= 11 is 0. The predicted molar refractivity (Wildman–Crippen MR) is 109 cm³/mol. The van der Waals surface area contributed by atoms with E-state index in [2.05, 4.69) is 23.4 Å². The van der Waals surface area contributed by atoms with Gasteiger partial charge in [-0.2, -0.15) is 4.98 Å². The Morgan fingerprint density at radius 2 is 1.75 bits per heavy atom. The largest absolute Gasteiger partial charge is 0.332 e. The fourth-order valence-electron chi connectivity index (χ4n) is 3.51. The summed E-state index contributed by atoms with van der Waals surface area (Å²) in [5.41, 5.74) is 0.962. The zero-order chi connectivity index (χ0) is 21.1. The van der Waals surface area contributed by atoms with Crippen molar-refractivity contribution in [2.45, 2.75) is 67.5 Å². The van der Waals surface area contributed by atoms with Crippen molar-refractivity contribution < 1.29 is 4.79 Å². The second-order valence-corrected chi connectivity index (χ2v) is 8.62. The third-order valence-corrected chi connectivity index (χ3v) is 5.73. The minimum absolute atomic E-state index is 0.170. The lowest BCUT2D eigenvalue weighted by molar-refractivity contribution is -0.127. The number of fused-ring (bicyclic) bond motifs is 3. The Balaban J connectivity index is 2.43. The quantitative estimate of drug-likeness (QED) is 0.688. The molecule has 152 valence electrons. The van der Waals surface area contributed by atoms with Crippen LogP contribution in [0.5, 0.6) is 0 Å². The summed E-state index contributed by atoms with van der Waals surface area (Å²) in [5.74, 6) is 0.475. The highest BCUT2D eigenvalue weighted by molar-refractivity contribution is 5.84. The molecule has 3 aromatic heterocycles. The number of rotatable bonds is 4. The average molecular weight is 387 g/mol. The highest BCUT2D eigenvalue weighted by Gasteiger charge is 2.27. The highest BCUT2D eigenvalue weighted by atomic mass is 16.2. The summed E-state index contributed by atoms with van der Waals surface area (Å²) in [4.78, 5) is 43.2. The summed E-state index contributed by atoms with van der Waals surface area (Å²) < 4.78 is 6.30. The molecular formula is C20H29N5O3. The molecule has 0 fully saturated rings. The summed E-state index contributed by atoms with van der Waals surface area (Å²) in [7, 11) is 1.59. The van der Waals surface area contributed by atoms with Gasteiger partial charge in [-0.15, -0.1) is 0 Å².